The first kappa shape index (κ1) is 18.5. The van der Waals surface area contributed by atoms with Crippen LogP contribution in [-0.4, -0.2) is 56.2 Å². The molecule has 1 saturated carbocycles. The SMILES string of the molecule is COCCc1noc(CN(C)C(=O)c2cnc3c(c2)ncn3C2CCCC2)n1. The van der Waals surface area contributed by atoms with Gasteiger partial charge in [0, 0.05) is 32.8 Å². The minimum Gasteiger partial charge on any atom is -0.384 e. The Labute approximate surface area is 162 Å². The molecular weight excluding hydrogens is 360 g/mol. The van der Waals surface area contributed by atoms with Crippen molar-refractivity contribution in [1.29, 1.82) is 0 Å². The summed E-state index contributed by atoms with van der Waals surface area (Å²) in [7, 11) is 3.32. The Balaban J connectivity index is 1.46. The Morgan fingerprint density at radius 2 is 2.18 bits per heavy atom. The number of hydrogen-bond donors (Lipinski definition) is 0. The lowest BCUT2D eigenvalue weighted by molar-refractivity contribution is 0.0769. The van der Waals surface area contributed by atoms with Crippen molar-refractivity contribution in [3.63, 3.8) is 0 Å². The quantitative estimate of drug-likeness (QED) is 0.617. The van der Waals surface area contributed by atoms with E-state index in [9.17, 15) is 4.79 Å². The summed E-state index contributed by atoms with van der Waals surface area (Å²) in [5.41, 5.74) is 2.07. The van der Waals surface area contributed by atoms with Crippen molar-refractivity contribution in [3.05, 3.63) is 35.9 Å². The van der Waals surface area contributed by atoms with Gasteiger partial charge in [0.25, 0.3) is 5.91 Å². The molecule has 0 N–H and O–H groups in total. The van der Waals surface area contributed by atoms with Crippen LogP contribution in [0.25, 0.3) is 11.2 Å². The molecule has 3 aromatic rings. The lowest BCUT2D eigenvalue weighted by Gasteiger charge is -2.15. The highest BCUT2D eigenvalue weighted by Gasteiger charge is 2.21. The molecule has 3 aromatic heterocycles. The lowest BCUT2D eigenvalue weighted by atomic mass is 10.2. The third-order valence-electron chi connectivity index (χ3n) is 5.14. The number of methoxy groups -OCH3 is 1. The number of ether oxygens (including phenoxy) is 1. The van der Waals surface area contributed by atoms with Crippen LogP contribution in [0.3, 0.4) is 0 Å². The van der Waals surface area contributed by atoms with Crippen molar-refractivity contribution in [1.82, 2.24) is 29.6 Å². The van der Waals surface area contributed by atoms with Gasteiger partial charge in [-0.25, -0.2) is 9.97 Å². The molecule has 0 unspecified atom stereocenters. The average Bonchev–Trinajstić information content (AvgIpc) is 3.45. The topological polar surface area (TPSA) is 99.2 Å². The maximum Gasteiger partial charge on any atom is 0.255 e. The molecule has 0 aromatic carbocycles. The number of carbonyl (C=O) groups is 1. The number of amides is 1. The van der Waals surface area contributed by atoms with E-state index in [1.54, 1.807) is 26.4 Å². The fourth-order valence-electron chi connectivity index (χ4n) is 3.63. The van der Waals surface area contributed by atoms with E-state index in [4.69, 9.17) is 9.26 Å². The van der Waals surface area contributed by atoms with Crippen LogP contribution in [0.4, 0.5) is 0 Å². The first-order valence-corrected chi connectivity index (χ1v) is 9.54. The van der Waals surface area contributed by atoms with Crippen molar-refractivity contribution in [3.8, 4) is 0 Å². The zero-order valence-electron chi connectivity index (χ0n) is 16.2. The smallest absolute Gasteiger partial charge is 0.255 e. The normalized spacial score (nSPS) is 14.8. The van der Waals surface area contributed by atoms with E-state index in [0.29, 0.717) is 36.3 Å². The number of imidazole rings is 1. The van der Waals surface area contributed by atoms with Gasteiger partial charge in [-0.1, -0.05) is 18.0 Å². The van der Waals surface area contributed by atoms with Crippen molar-refractivity contribution in [2.75, 3.05) is 20.8 Å². The molecule has 28 heavy (non-hydrogen) atoms. The molecule has 1 aliphatic rings. The van der Waals surface area contributed by atoms with Crippen molar-refractivity contribution in [2.24, 2.45) is 0 Å². The van der Waals surface area contributed by atoms with Gasteiger partial charge < -0.3 is 18.7 Å². The second kappa shape index (κ2) is 8.05. The van der Waals surface area contributed by atoms with Crippen LogP contribution in [0.1, 0.15) is 53.8 Å². The Morgan fingerprint density at radius 1 is 1.36 bits per heavy atom. The number of pyridine rings is 1. The van der Waals surface area contributed by atoms with E-state index in [0.717, 1.165) is 24.0 Å². The number of aromatic nitrogens is 5. The fourth-order valence-corrected chi connectivity index (χ4v) is 3.63. The minimum atomic E-state index is -0.165. The number of carbonyl (C=O) groups excluding carboxylic acids is 1. The van der Waals surface area contributed by atoms with E-state index in [-0.39, 0.29) is 12.5 Å². The predicted molar refractivity (Wildman–Crippen MR) is 101 cm³/mol. The molecule has 9 nitrogen and oxygen atoms in total. The van der Waals surface area contributed by atoms with Crippen molar-refractivity contribution < 1.29 is 14.1 Å². The second-order valence-corrected chi connectivity index (χ2v) is 7.17. The Kier molecular flexibility index (Phi) is 5.34. The van der Waals surface area contributed by atoms with Crippen LogP contribution < -0.4 is 0 Å². The Hall–Kier alpha value is -2.81. The monoisotopic (exact) mass is 384 g/mol. The first-order valence-electron chi connectivity index (χ1n) is 9.54. The summed E-state index contributed by atoms with van der Waals surface area (Å²) >= 11 is 0. The molecular formula is C19H24N6O3. The second-order valence-electron chi connectivity index (χ2n) is 7.17. The van der Waals surface area contributed by atoms with E-state index in [1.165, 1.54) is 17.7 Å². The van der Waals surface area contributed by atoms with Crippen LogP contribution in [0.5, 0.6) is 0 Å². The molecule has 3 heterocycles. The zero-order chi connectivity index (χ0) is 19.5. The van der Waals surface area contributed by atoms with Crippen LogP contribution >= 0.6 is 0 Å². The maximum atomic E-state index is 12.8. The van der Waals surface area contributed by atoms with Gasteiger partial charge >= 0.3 is 0 Å². The third-order valence-corrected chi connectivity index (χ3v) is 5.14. The predicted octanol–water partition coefficient (Wildman–Crippen LogP) is 2.39. The summed E-state index contributed by atoms with van der Waals surface area (Å²) < 4.78 is 12.3. The standard InChI is InChI=1S/C19H24N6O3/c1-24(11-17-22-16(23-28-17)7-8-27-2)19(26)13-9-15-18(20-10-13)25(12-21-15)14-5-3-4-6-14/h9-10,12,14H,3-8,11H2,1-2H3. The molecule has 0 aliphatic heterocycles. The van der Waals surface area contributed by atoms with Gasteiger partial charge in [0.05, 0.1) is 25.0 Å². The summed E-state index contributed by atoms with van der Waals surface area (Å²) in [6, 6.07) is 2.26. The van der Waals surface area contributed by atoms with Gasteiger partial charge in [-0.2, -0.15) is 4.98 Å². The summed E-state index contributed by atoms with van der Waals surface area (Å²) in [5.74, 6) is 0.793. The number of nitrogens with zero attached hydrogens (tertiary/aromatic N) is 6. The highest BCUT2D eigenvalue weighted by molar-refractivity contribution is 5.96. The Morgan fingerprint density at radius 3 is 2.96 bits per heavy atom. The van der Waals surface area contributed by atoms with Crippen LogP contribution in [-0.2, 0) is 17.7 Å². The average molecular weight is 384 g/mol. The number of hydrogen-bond acceptors (Lipinski definition) is 7. The third kappa shape index (κ3) is 3.75. The summed E-state index contributed by atoms with van der Waals surface area (Å²) in [5, 5.41) is 3.89. The molecule has 0 atom stereocenters. The van der Waals surface area contributed by atoms with Gasteiger partial charge in [-0.05, 0) is 18.9 Å². The molecule has 9 heteroatoms. The molecule has 1 aliphatic carbocycles. The highest BCUT2D eigenvalue weighted by atomic mass is 16.5. The minimum absolute atomic E-state index is 0.165. The molecule has 4 rings (SSSR count). The summed E-state index contributed by atoms with van der Waals surface area (Å²) in [6.07, 6.45) is 8.84. The van der Waals surface area contributed by atoms with Gasteiger partial charge in [0.1, 0.15) is 5.52 Å². The molecule has 1 amide bonds. The zero-order valence-corrected chi connectivity index (χ0v) is 16.2. The summed E-state index contributed by atoms with van der Waals surface area (Å²) in [4.78, 5) is 27.6. The van der Waals surface area contributed by atoms with E-state index in [1.807, 2.05) is 6.33 Å². The Bertz CT molecular complexity index is 960. The molecule has 0 bridgehead atoms. The molecule has 0 spiro atoms. The van der Waals surface area contributed by atoms with Gasteiger partial charge in [-0.3, -0.25) is 4.79 Å². The molecule has 1 fully saturated rings. The van der Waals surface area contributed by atoms with Crippen LogP contribution in [0.2, 0.25) is 0 Å². The molecule has 0 radical (unpaired) electrons. The van der Waals surface area contributed by atoms with Gasteiger partial charge in [-0.15, -0.1) is 0 Å². The molecule has 148 valence electrons. The fraction of sp³-hybridized carbons (Fsp3) is 0.526. The highest BCUT2D eigenvalue weighted by Crippen LogP contribution is 2.31. The van der Waals surface area contributed by atoms with E-state index >= 15 is 0 Å². The van der Waals surface area contributed by atoms with E-state index < -0.39 is 0 Å². The van der Waals surface area contributed by atoms with Crippen molar-refractivity contribution in [2.45, 2.75) is 44.7 Å². The number of fused-ring (bicyclic) bond motifs is 1. The van der Waals surface area contributed by atoms with Crippen LogP contribution in [0.15, 0.2) is 23.1 Å². The largest absolute Gasteiger partial charge is 0.384 e. The molecule has 0 saturated heterocycles. The maximum absolute atomic E-state index is 12.8. The van der Waals surface area contributed by atoms with Crippen LogP contribution in [0, 0.1) is 0 Å². The lowest BCUT2D eigenvalue weighted by Crippen LogP contribution is -2.26. The first-order chi connectivity index (χ1) is 13.7. The van der Waals surface area contributed by atoms with E-state index in [2.05, 4.69) is 24.7 Å². The van der Waals surface area contributed by atoms with Gasteiger partial charge in [0.15, 0.2) is 11.5 Å². The summed E-state index contributed by atoms with van der Waals surface area (Å²) in [6.45, 7) is 0.750. The van der Waals surface area contributed by atoms with Gasteiger partial charge in [0.2, 0.25) is 5.89 Å². The van der Waals surface area contributed by atoms with Crippen molar-refractivity contribution >= 4 is 17.1 Å². The number of rotatable bonds is 7.